The zero-order valence-corrected chi connectivity index (χ0v) is 18.8. The molecule has 0 bridgehead atoms. The van der Waals surface area contributed by atoms with Gasteiger partial charge in [-0.3, -0.25) is 0 Å². The number of benzene rings is 2. The van der Waals surface area contributed by atoms with E-state index in [0.717, 1.165) is 42.4 Å². The zero-order chi connectivity index (χ0) is 20.7. The minimum atomic E-state index is -0.0963. The van der Waals surface area contributed by atoms with E-state index < -0.39 is 0 Å². The first kappa shape index (κ1) is 23.6. The molecule has 160 valence electrons. The van der Waals surface area contributed by atoms with Gasteiger partial charge in [0.05, 0.1) is 0 Å². The molecule has 0 nitrogen and oxygen atoms in total. The monoisotopic (exact) mass is 396 g/mol. The van der Waals surface area contributed by atoms with E-state index in [-0.39, 0.29) is 5.82 Å². The Morgan fingerprint density at radius 3 is 1.66 bits per heavy atom. The fourth-order valence-corrected chi connectivity index (χ4v) is 4.00. The second-order valence-corrected chi connectivity index (χ2v) is 8.55. The lowest BCUT2D eigenvalue weighted by Crippen LogP contribution is -1.91. The molecule has 0 saturated carbocycles. The number of hydrogen-bond acceptors (Lipinski definition) is 0. The lowest BCUT2D eigenvalue weighted by atomic mass is 9.98. The molecule has 2 rings (SSSR count). The molecule has 2 aromatic rings. The van der Waals surface area contributed by atoms with E-state index in [4.69, 9.17) is 0 Å². The van der Waals surface area contributed by atoms with Crippen LogP contribution >= 0.6 is 0 Å². The van der Waals surface area contributed by atoms with Gasteiger partial charge in [-0.15, -0.1) is 0 Å². The maximum atomic E-state index is 14.5. The van der Waals surface area contributed by atoms with Crippen molar-refractivity contribution in [3.05, 3.63) is 59.4 Å². The Bertz CT molecular complexity index is 671. The van der Waals surface area contributed by atoms with Gasteiger partial charge >= 0.3 is 0 Å². The first-order valence-electron chi connectivity index (χ1n) is 12.1. The van der Waals surface area contributed by atoms with Gasteiger partial charge in [0.2, 0.25) is 0 Å². The van der Waals surface area contributed by atoms with Crippen molar-refractivity contribution in [2.45, 2.75) is 104 Å². The highest BCUT2D eigenvalue weighted by molar-refractivity contribution is 5.64. The first-order chi connectivity index (χ1) is 14.2. The number of rotatable bonds is 15. The van der Waals surface area contributed by atoms with Crippen LogP contribution in [0.1, 0.15) is 102 Å². The fourth-order valence-electron chi connectivity index (χ4n) is 4.00. The summed E-state index contributed by atoms with van der Waals surface area (Å²) < 4.78 is 14.5. The second kappa shape index (κ2) is 14.4. The van der Waals surface area contributed by atoms with Crippen LogP contribution in [-0.4, -0.2) is 0 Å². The number of aryl methyl sites for hydroxylation is 2. The van der Waals surface area contributed by atoms with Gasteiger partial charge < -0.3 is 0 Å². The normalized spacial score (nSPS) is 11.1. The fraction of sp³-hybridized carbons (Fsp3) is 0.571. The van der Waals surface area contributed by atoms with Gasteiger partial charge in [0, 0.05) is 5.56 Å². The summed E-state index contributed by atoms with van der Waals surface area (Å²) in [5.74, 6) is -0.0963. The molecule has 29 heavy (non-hydrogen) atoms. The number of unbranched alkanes of at least 4 members (excludes halogenated alkanes) is 10. The Balaban J connectivity index is 1.68. The second-order valence-electron chi connectivity index (χ2n) is 8.55. The van der Waals surface area contributed by atoms with E-state index in [0.29, 0.717) is 0 Å². The van der Waals surface area contributed by atoms with Crippen LogP contribution in [0.2, 0.25) is 0 Å². The zero-order valence-electron chi connectivity index (χ0n) is 18.8. The van der Waals surface area contributed by atoms with E-state index in [1.165, 1.54) is 69.8 Å². The van der Waals surface area contributed by atoms with Crippen molar-refractivity contribution in [3.8, 4) is 11.1 Å². The molecule has 0 atom stereocenters. The smallest absolute Gasteiger partial charge is 0.131 e. The Kier molecular flexibility index (Phi) is 11.7. The summed E-state index contributed by atoms with van der Waals surface area (Å²) in [5.41, 5.74) is 4.17. The Morgan fingerprint density at radius 2 is 1.07 bits per heavy atom. The third kappa shape index (κ3) is 9.15. The van der Waals surface area contributed by atoms with Gasteiger partial charge in [-0.2, -0.15) is 0 Å². The molecule has 1 heteroatoms. The van der Waals surface area contributed by atoms with Gasteiger partial charge in [0.25, 0.3) is 0 Å². The molecule has 0 unspecified atom stereocenters. The molecule has 0 fully saturated rings. The first-order valence-corrected chi connectivity index (χ1v) is 12.1. The Morgan fingerprint density at radius 1 is 0.552 bits per heavy atom. The Labute approximate surface area is 178 Å². The third-order valence-corrected chi connectivity index (χ3v) is 5.94. The van der Waals surface area contributed by atoms with Gasteiger partial charge in [0.1, 0.15) is 5.82 Å². The van der Waals surface area contributed by atoms with Crippen molar-refractivity contribution in [1.29, 1.82) is 0 Å². The van der Waals surface area contributed by atoms with Gasteiger partial charge in [0.15, 0.2) is 0 Å². The largest absolute Gasteiger partial charge is 0.206 e. The Hall–Kier alpha value is -1.63. The molecule has 0 amide bonds. The maximum Gasteiger partial charge on any atom is 0.131 e. The van der Waals surface area contributed by atoms with Gasteiger partial charge in [-0.05, 0) is 48.4 Å². The van der Waals surface area contributed by atoms with Crippen molar-refractivity contribution < 1.29 is 4.39 Å². The quantitative estimate of drug-likeness (QED) is 0.263. The van der Waals surface area contributed by atoms with E-state index >= 15 is 0 Å². The molecule has 0 spiro atoms. The van der Waals surface area contributed by atoms with Crippen molar-refractivity contribution in [3.63, 3.8) is 0 Å². The highest BCUT2D eigenvalue weighted by atomic mass is 19.1. The van der Waals surface area contributed by atoms with Crippen LogP contribution in [0.15, 0.2) is 42.5 Å². The van der Waals surface area contributed by atoms with E-state index in [9.17, 15) is 4.39 Å². The summed E-state index contributed by atoms with van der Waals surface area (Å²) in [6.45, 7) is 4.44. The average Bonchev–Trinajstić information content (AvgIpc) is 2.74. The highest BCUT2D eigenvalue weighted by Gasteiger charge is 2.06. The molecular formula is C28H41F. The summed E-state index contributed by atoms with van der Waals surface area (Å²) >= 11 is 0. The highest BCUT2D eigenvalue weighted by Crippen LogP contribution is 2.25. The standard InChI is InChI=1S/C28H41F/c1-3-5-7-8-9-10-11-12-13-14-16-24-17-20-26(21-18-24)27-22-19-25(15-6-4-2)23-28(27)29/h17-23H,3-16H2,1-2H3. The maximum absolute atomic E-state index is 14.5. The average molecular weight is 397 g/mol. The summed E-state index contributed by atoms with van der Waals surface area (Å²) in [6.07, 6.45) is 18.1. The molecular weight excluding hydrogens is 355 g/mol. The lowest BCUT2D eigenvalue weighted by molar-refractivity contribution is 0.556. The molecule has 0 heterocycles. The number of hydrogen-bond donors (Lipinski definition) is 0. The minimum absolute atomic E-state index is 0.0963. The van der Waals surface area contributed by atoms with Crippen LogP contribution in [0.4, 0.5) is 4.39 Å². The van der Waals surface area contributed by atoms with Crippen molar-refractivity contribution >= 4 is 0 Å². The molecule has 0 aromatic heterocycles. The topological polar surface area (TPSA) is 0 Å². The molecule has 0 N–H and O–H groups in total. The summed E-state index contributed by atoms with van der Waals surface area (Å²) in [5, 5.41) is 0. The summed E-state index contributed by atoms with van der Waals surface area (Å²) in [6, 6.07) is 14.2. The molecule has 0 aliphatic heterocycles. The predicted molar refractivity (Wildman–Crippen MR) is 126 cm³/mol. The summed E-state index contributed by atoms with van der Waals surface area (Å²) in [4.78, 5) is 0. The molecule has 0 radical (unpaired) electrons. The lowest BCUT2D eigenvalue weighted by Gasteiger charge is -2.08. The van der Waals surface area contributed by atoms with Crippen LogP contribution in [0.25, 0.3) is 11.1 Å². The van der Waals surface area contributed by atoms with Crippen LogP contribution in [0, 0.1) is 5.82 Å². The summed E-state index contributed by atoms with van der Waals surface area (Å²) in [7, 11) is 0. The molecule has 0 aliphatic carbocycles. The van der Waals surface area contributed by atoms with Crippen LogP contribution in [-0.2, 0) is 12.8 Å². The SMILES string of the molecule is CCCCCCCCCCCCc1ccc(-c2ccc(CCCC)cc2F)cc1. The minimum Gasteiger partial charge on any atom is -0.206 e. The molecule has 0 aliphatic rings. The van der Waals surface area contributed by atoms with Crippen LogP contribution in [0.5, 0.6) is 0 Å². The number of halogens is 1. The van der Waals surface area contributed by atoms with Gasteiger partial charge in [-0.25, -0.2) is 4.39 Å². The van der Waals surface area contributed by atoms with Crippen molar-refractivity contribution in [2.75, 3.05) is 0 Å². The molecule has 0 saturated heterocycles. The predicted octanol–water partition coefficient (Wildman–Crippen LogP) is 9.30. The molecule has 2 aromatic carbocycles. The van der Waals surface area contributed by atoms with E-state index in [1.54, 1.807) is 6.07 Å². The van der Waals surface area contributed by atoms with E-state index in [1.807, 2.05) is 6.07 Å². The van der Waals surface area contributed by atoms with Gasteiger partial charge in [-0.1, -0.05) is 114 Å². The third-order valence-electron chi connectivity index (χ3n) is 5.94. The van der Waals surface area contributed by atoms with E-state index in [2.05, 4.69) is 44.2 Å². The van der Waals surface area contributed by atoms with Crippen molar-refractivity contribution in [1.82, 2.24) is 0 Å². The van der Waals surface area contributed by atoms with Crippen LogP contribution < -0.4 is 0 Å². The van der Waals surface area contributed by atoms with Crippen LogP contribution in [0.3, 0.4) is 0 Å². The van der Waals surface area contributed by atoms with Crippen molar-refractivity contribution in [2.24, 2.45) is 0 Å².